The molecular weight excluding hydrogens is 236 g/mol. The molecule has 0 amide bonds. The molecule has 1 aromatic rings. The van der Waals surface area contributed by atoms with Gasteiger partial charge in [-0.2, -0.15) is 17.0 Å². The molecular formula is C10H16N6S. The number of aliphatic imine (C=N–C) groups is 1. The lowest BCUT2D eigenvalue weighted by molar-refractivity contribution is 0.997. The SMILES string of the molecule is CN/C(=N/CCSC(C)c1c[nH]cn1)NC#N. The topological polar surface area (TPSA) is 88.9 Å². The summed E-state index contributed by atoms with van der Waals surface area (Å²) in [5.41, 5.74) is 1.04. The molecule has 0 aliphatic rings. The lowest BCUT2D eigenvalue weighted by Crippen LogP contribution is -2.31. The predicted octanol–water partition coefficient (Wildman–Crippen LogP) is 0.850. The zero-order chi connectivity index (χ0) is 12.5. The molecule has 0 aromatic carbocycles. The molecule has 6 nitrogen and oxygen atoms in total. The Labute approximate surface area is 105 Å². The summed E-state index contributed by atoms with van der Waals surface area (Å²) in [5, 5.41) is 14.1. The number of guanidine groups is 1. The minimum Gasteiger partial charge on any atom is -0.359 e. The van der Waals surface area contributed by atoms with Crippen molar-refractivity contribution in [1.29, 1.82) is 5.26 Å². The summed E-state index contributed by atoms with van der Waals surface area (Å²) in [6.45, 7) is 2.77. The average Bonchev–Trinajstić information content (AvgIpc) is 2.86. The first kappa shape index (κ1) is 13.4. The van der Waals surface area contributed by atoms with Crippen LogP contribution in [0.3, 0.4) is 0 Å². The molecule has 0 saturated carbocycles. The van der Waals surface area contributed by atoms with Gasteiger partial charge in [0.15, 0.2) is 6.19 Å². The summed E-state index contributed by atoms with van der Waals surface area (Å²) >= 11 is 1.78. The summed E-state index contributed by atoms with van der Waals surface area (Å²) in [6.07, 6.45) is 5.41. The molecule has 1 aromatic heterocycles. The van der Waals surface area contributed by atoms with Crippen LogP contribution in [0.4, 0.5) is 0 Å². The van der Waals surface area contributed by atoms with E-state index < -0.39 is 0 Å². The first-order valence-electron chi connectivity index (χ1n) is 5.25. The lowest BCUT2D eigenvalue weighted by atomic mass is 10.4. The monoisotopic (exact) mass is 252 g/mol. The molecule has 1 unspecified atom stereocenters. The number of hydrogen-bond donors (Lipinski definition) is 3. The van der Waals surface area contributed by atoms with Crippen LogP contribution in [0.2, 0.25) is 0 Å². The summed E-state index contributed by atoms with van der Waals surface area (Å²) in [7, 11) is 1.72. The maximum absolute atomic E-state index is 8.44. The summed E-state index contributed by atoms with van der Waals surface area (Å²) in [6, 6.07) is 0. The molecule has 1 atom stereocenters. The third-order valence-corrected chi connectivity index (χ3v) is 3.24. The fourth-order valence-electron chi connectivity index (χ4n) is 1.20. The van der Waals surface area contributed by atoms with Crippen LogP contribution in [0.1, 0.15) is 17.9 Å². The van der Waals surface area contributed by atoms with E-state index in [2.05, 4.69) is 32.5 Å². The second kappa shape index (κ2) is 7.57. The van der Waals surface area contributed by atoms with E-state index in [0.29, 0.717) is 17.8 Å². The van der Waals surface area contributed by atoms with Gasteiger partial charge in [0, 0.05) is 24.2 Å². The standard InChI is InChI=1S/C10H16N6S/c1-8(9-5-13-7-16-9)17-4-3-14-10(12-2)15-6-11/h5,7-8H,3-4H2,1-2H3,(H,13,16)(H2,12,14,15). The van der Waals surface area contributed by atoms with Gasteiger partial charge in [-0.05, 0) is 6.92 Å². The Bertz CT molecular complexity index is 380. The summed E-state index contributed by atoms with van der Waals surface area (Å²) < 4.78 is 0. The van der Waals surface area contributed by atoms with Gasteiger partial charge in [-0.15, -0.1) is 0 Å². The van der Waals surface area contributed by atoms with E-state index >= 15 is 0 Å². The van der Waals surface area contributed by atoms with Crippen molar-refractivity contribution in [3.63, 3.8) is 0 Å². The van der Waals surface area contributed by atoms with Crippen molar-refractivity contribution in [3.8, 4) is 6.19 Å². The van der Waals surface area contributed by atoms with Crippen molar-refractivity contribution >= 4 is 17.7 Å². The van der Waals surface area contributed by atoms with E-state index in [0.717, 1.165) is 11.4 Å². The Balaban J connectivity index is 2.26. The Morgan fingerprint density at radius 2 is 2.59 bits per heavy atom. The van der Waals surface area contributed by atoms with Crippen LogP contribution in [0.25, 0.3) is 0 Å². The number of H-pyrrole nitrogens is 1. The van der Waals surface area contributed by atoms with Gasteiger partial charge in [0.05, 0.1) is 18.6 Å². The van der Waals surface area contributed by atoms with Crippen LogP contribution in [0.15, 0.2) is 17.5 Å². The molecule has 0 bridgehead atoms. The van der Waals surface area contributed by atoms with E-state index in [1.807, 2.05) is 12.4 Å². The number of imidazole rings is 1. The average molecular weight is 252 g/mol. The van der Waals surface area contributed by atoms with Crippen LogP contribution < -0.4 is 10.6 Å². The molecule has 1 rings (SSSR count). The van der Waals surface area contributed by atoms with Crippen LogP contribution in [0, 0.1) is 11.5 Å². The van der Waals surface area contributed by atoms with E-state index in [1.165, 1.54) is 0 Å². The maximum atomic E-state index is 8.44. The Kier molecular flexibility index (Phi) is 5.96. The van der Waals surface area contributed by atoms with Crippen molar-refractivity contribution < 1.29 is 0 Å². The molecule has 7 heteroatoms. The molecule has 0 fully saturated rings. The summed E-state index contributed by atoms with van der Waals surface area (Å²) in [4.78, 5) is 11.3. The largest absolute Gasteiger partial charge is 0.359 e. The fourth-order valence-corrected chi connectivity index (χ4v) is 2.05. The van der Waals surface area contributed by atoms with E-state index in [9.17, 15) is 0 Å². The number of nitrogens with one attached hydrogen (secondary N) is 3. The highest BCUT2D eigenvalue weighted by Gasteiger charge is 2.06. The zero-order valence-electron chi connectivity index (χ0n) is 9.90. The number of thioether (sulfide) groups is 1. The van der Waals surface area contributed by atoms with Gasteiger partial charge in [-0.3, -0.25) is 10.3 Å². The molecule has 0 spiro atoms. The van der Waals surface area contributed by atoms with Crippen LogP contribution in [0.5, 0.6) is 0 Å². The number of nitrogens with zero attached hydrogens (tertiary/aromatic N) is 3. The third-order valence-electron chi connectivity index (χ3n) is 2.08. The van der Waals surface area contributed by atoms with Crippen LogP contribution in [-0.2, 0) is 0 Å². The van der Waals surface area contributed by atoms with E-state index in [-0.39, 0.29) is 0 Å². The smallest absolute Gasteiger partial charge is 0.204 e. The molecule has 92 valence electrons. The molecule has 1 heterocycles. The highest BCUT2D eigenvalue weighted by molar-refractivity contribution is 7.99. The lowest BCUT2D eigenvalue weighted by Gasteiger charge is -2.07. The van der Waals surface area contributed by atoms with Crippen molar-refractivity contribution in [3.05, 3.63) is 18.2 Å². The molecule has 0 aliphatic heterocycles. The Hall–Kier alpha value is -1.68. The quantitative estimate of drug-likeness (QED) is 0.238. The minimum absolute atomic E-state index is 0.346. The number of hydrogen-bond acceptors (Lipinski definition) is 4. The number of rotatable bonds is 5. The normalized spacial score (nSPS) is 12.9. The Morgan fingerprint density at radius 3 is 3.18 bits per heavy atom. The second-order valence-electron chi connectivity index (χ2n) is 3.22. The predicted molar refractivity (Wildman–Crippen MR) is 69.6 cm³/mol. The first-order valence-corrected chi connectivity index (χ1v) is 6.30. The summed E-state index contributed by atoms with van der Waals surface area (Å²) in [5.74, 6) is 1.38. The molecule has 17 heavy (non-hydrogen) atoms. The maximum Gasteiger partial charge on any atom is 0.204 e. The van der Waals surface area contributed by atoms with Gasteiger partial charge in [0.25, 0.3) is 0 Å². The van der Waals surface area contributed by atoms with Gasteiger partial charge in [0.1, 0.15) is 0 Å². The first-order chi connectivity index (χ1) is 8.27. The van der Waals surface area contributed by atoms with E-state index in [1.54, 1.807) is 25.1 Å². The second-order valence-corrected chi connectivity index (χ2v) is 4.67. The fraction of sp³-hybridized carbons (Fsp3) is 0.500. The van der Waals surface area contributed by atoms with Gasteiger partial charge < -0.3 is 10.3 Å². The van der Waals surface area contributed by atoms with Crippen LogP contribution >= 0.6 is 11.8 Å². The van der Waals surface area contributed by atoms with E-state index in [4.69, 9.17) is 5.26 Å². The molecule has 0 saturated heterocycles. The highest BCUT2D eigenvalue weighted by Crippen LogP contribution is 2.25. The number of aromatic amines is 1. The number of nitriles is 1. The van der Waals surface area contributed by atoms with Crippen LogP contribution in [-0.4, -0.2) is 35.3 Å². The van der Waals surface area contributed by atoms with Crippen molar-refractivity contribution in [1.82, 2.24) is 20.6 Å². The van der Waals surface area contributed by atoms with Crippen molar-refractivity contribution in [2.24, 2.45) is 4.99 Å². The van der Waals surface area contributed by atoms with Gasteiger partial charge in [-0.1, -0.05) is 0 Å². The molecule has 0 radical (unpaired) electrons. The van der Waals surface area contributed by atoms with Gasteiger partial charge in [0.2, 0.25) is 5.96 Å². The third kappa shape index (κ3) is 4.78. The van der Waals surface area contributed by atoms with Gasteiger partial charge in [-0.25, -0.2) is 4.98 Å². The molecule has 0 aliphatic carbocycles. The number of aromatic nitrogens is 2. The highest BCUT2D eigenvalue weighted by atomic mass is 32.2. The Morgan fingerprint density at radius 1 is 1.76 bits per heavy atom. The van der Waals surface area contributed by atoms with Crippen molar-refractivity contribution in [2.45, 2.75) is 12.2 Å². The molecule has 3 N–H and O–H groups in total. The minimum atomic E-state index is 0.346. The zero-order valence-corrected chi connectivity index (χ0v) is 10.7. The van der Waals surface area contributed by atoms with Gasteiger partial charge >= 0.3 is 0 Å². The van der Waals surface area contributed by atoms with Crippen molar-refractivity contribution in [2.75, 3.05) is 19.3 Å².